The van der Waals surface area contributed by atoms with Crippen LogP contribution in [-0.2, 0) is 20.7 Å². The third-order valence-electron chi connectivity index (χ3n) is 9.14. The first kappa shape index (κ1) is 28.3. The highest BCUT2D eigenvalue weighted by atomic mass is 16.5. The van der Waals surface area contributed by atoms with Gasteiger partial charge in [-0.05, 0) is 67.7 Å². The maximum absolute atomic E-state index is 14.0. The summed E-state index contributed by atoms with van der Waals surface area (Å²) >= 11 is 0. The fourth-order valence-corrected chi connectivity index (χ4v) is 6.89. The molecule has 3 aromatic rings. The summed E-state index contributed by atoms with van der Waals surface area (Å²) in [6.07, 6.45) is 7.52. The molecule has 3 atom stereocenters. The number of allylic oxidation sites excluding steroid dienone is 2. The van der Waals surface area contributed by atoms with Gasteiger partial charge in [0.05, 0.1) is 18.2 Å². The molecule has 0 unspecified atom stereocenters. The number of H-pyrrole nitrogens is 3. The first-order valence-corrected chi connectivity index (χ1v) is 14.5. The van der Waals surface area contributed by atoms with E-state index in [-0.39, 0.29) is 24.0 Å². The lowest BCUT2D eigenvalue weighted by Gasteiger charge is -2.19. The molecule has 222 valence electrons. The van der Waals surface area contributed by atoms with Crippen LogP contribution in [-0.4, -0.2) is 51.2 Å². The van der Waals surface area contributed by atoms with Crippen LogP contribution in [0.5, 0.6) is 0 Å². The van der Waals surface area contributed by atoms with Crippen molar-refractivity contribution in [1.29, 1.82) is 0 Å². The van der Waals surface area contributed by atoms with Crippen molar-refractivity contribution in [3.8, 4) is 0 Å². The van der Waals surface area contributed by atoms with E-state index in [1.54, 1.807) is 0 Å². The van der Waals surface area contributed by atoms with Gasteiger partial charge in [0.25, 0.3) is 0 Å². The van der Waals surface area contributed by atoms with Gasteiger partial charge < -0.3 is 30.1 Å². The van der Waals surface area contributed by atoms with Gasteiger partial charge in [-0.15, -0.1) is 0 Å². The topological polar surface area (TPSA) is 157 Å². The Hall–Kier alpha value is -4.86. The van der Waals surface area contributed by atoms with E-state index in [4.69, 9.17) is 4.74 Å². The molecule has 3 aliphatic rings. The summed E-state index contributed by atoms with van der Waals surface area (Å²) in [5.41, 5.74) is 8.34. The summed E-state index contributed by atoms with van der Waals surface area (Å²) in [7, 11) is 1.26. The maximum atomic E-state index is 14.0. The molecule has 43 heavy (non-hydrogen) atoms. The minimum atomic E-state index is -1.18. The van der Waals surface area contributed by atoms with Gasteiger partial charge >= 0.3 is 11.9 Å². The molecule has 5 heterocycles. The van der Waals surface area contributed by atoms with Crippen molar-refractivity contribution in [1.82, 2.24) is 20.3 Å². The Morgan fingerprint density at radius 3 is 2.51 bits per heavy atom. The van der Waals surface area contributed by atoms with Crippen LogP contribution in [0.1, 0.15) is 86.9 Å². The van der Waals surface area contributed by atoms with Crippen molar-refractivity contribution >= 4 is 47.8 Å². The fourth-order valence-electron chi connectivity index (χ4n) is 6.89. The molecule has 8 bridgehead atoms. The number of aromatic amines is 3. The number of hydrogen-bond donors (Lipinski definition) is 5. The number of esters is 1. The number of hydrogen-bond acceptors (Lipinski definition) is 6. The number of aliphatic carboxylic acids is 1. The number of aromatic nitrogens is 3. The Kier molecular flexibility index (Phi) is 6.87. The number of carboxylic acids is 1. The standard InChI is InChI=1S/C33H34N4O6/c1-6-18-20(13-38)24-10-17-9-14(2)21(34-17)11-22-15(3)19(7-8-26(39)40)30(36-22)28-29(33(42)43-5)32(41)27-16(4)23(37-31(27)28)12-25(18)35-24/h9-13,15,19,29,34-37H,6-8H2,1-5H3,(H,39,40)/b22-11-,24-10-,25-12-,30-28-/t15-,19-,29+/m0/s1. The molecule has 0 saturated carbocycles. The van der Waals surface area contributed by atoms with E-state index in [2.05, 4.69) is 20.3 Å². The average molecular weight is 583 g/mol. The highest BCUT2D eigenvalue weighted by Crippen LogP contribution is 2.48. The molecule has 10 nitrogen and oxygen atoms in total. The number of carbonyl (C=O) groups is 4. The molecule has 1 aliphatic carbocycles. The molecule has 1 fully saturated rings. The van der Waals surface area contributed by atoms with Gasteiger partial charge in [0.1, 0.15) is 5.92 Å². The van der Waals surface area contributed by atoms with Crippen LogP contribution >= 0.6 is 0 Å². The van der Waals surface area contributed by atoms with E-state index in [0.717, 1.165) is 39.8 Å². The van der Waals surface area contributed by atoms with E-state index in [1.165, 1.54) is 7.11 Å². The molecular formula is C33H34N4O6. The minimum Gasteiger partial charge on any atom is -0.481 e. The molecule has 10 heteroatoms. The summed E-state index contributed by atoms with van der Waals surface area (Å²) < 4.78 is 5.11. The fraction of sp³-hybridized carbons (Fsp3) is 0.333. The van der Waals surface area contributed by atoms with Crippen molar-refractivity contribution in [2.24, 2.45) is 17.8 Å². The highest BCUT2D eigenvalue weighted by molar-refractivity contribution is 6.24. The summed E-state index contributed by atoms with van der Waals surface area (Å²) in [6.45, 7) is 7.82. The zero-order valence-corrected chi connectivity index (χ0v) is 24.7. The lowest BCUT2D eigenvalue weighted by atomic mass is 9.85. The second kappa shape index (κ2) is 10.4. The van der Waals surface area contributed by atoms with Crippen LogP contribution < -0.4 is 16.0 Å². The summed E-state index contributed by atoms with van der Waals surface area (Å²) in [5, 5.41) is 14.5. The van der Waals surface area contributed by atoms with Gasteiger partial charge in [-0.1, -0.05) is 13.8 Å². The Labute approximate surface area is 247 Å². The lowest BCUT2D eigenvalue weighted by Crippen LogP contribution is -2.25. The van der Waals surface area contributed by atoms with Crippen LogP contribution in [0, 0.1) is 31.6 Å². The van der Waals surface area contributed by atoms with Crippen LogP contribution in [0.15, 0.2) is 17.5 Å². The normalized spacial score (nSPS) is 24.8. The zero-order valence-electron chi connectivity index (χ0n) is 24.7. The number of Topliss-reactive ketones (excluding diaryl/α,β-unsaturated/α-hetero) is 1. The molecule has 0 amide bonds. The smallest absolute Gasteiger partial charge is 0.321 e. The Morgan fingerprint density at radius 1 is 1.07 bits per heavy atom. The molecule has 6 rings (SSSR count). The minimum absolute atomic E-state index is 0.0678. The van der Waals surface area contributed by atoms with Crippen molar-refractivity contribution in [2.45, 2.75) is 47.0 Å². The molecule has 5 N–H and O–H groups in total. The van der Waals surface area contributed by atoms with E-state index >= 15 is 0 Å². The van der Waals surface area contributed by atoms with Crippen molar-refractivity contribution in [3.63, 3.8) is 0 Å². The number of rotatable bonds is 6. The van der Waals surface area contributed by atoms with Gasteiger partial charge in [0, 0.05) is 68.8 Å². The quantitative estimate of drug-likeness (QED) is 0.170. The number of carboxylic acid groups (broad SMARTS) is 1. The third kappa shape index (κ3) is 4.40. The maximum Gasteiger partial charge on any atom is 0.321 e. The predicted molar refractivity (Wildman–Crippen MR) is 160 cm³/mol. The number of ether oxygens (including phenoxy) is 1. The summed E-state index contributed by atoms with van der Waals surface area (Å²) in [4.78, 5) is 61.3. The number of ketones is 1. The predicted octanol–water partition coefficient (Wildman–Crippen LogP) is 3.09. The molecular weight excluding hydrogens is 548 g/mol. The molecule has 0 radical (unpaired) electrons. The van der Waals surface area contributed by atoms with Gasteiger partial charge in [-0.3, -0.25) is 19.2 Å². The van der Waals surface area contributed by atoms with E-state index in [1.807, 2.05) is 52.0 Å². The number of carbonyl (C=O) groups excluding carboxylic acids is 3. The molecule has 2 aliphatic heterocycles. The number of methoxy groups -OCH3 is 1. The summed E-state index contributed by atoms with van der Waals surface area (Å²) in [6, 6.07) is 2.01. The van der Waals surface area contributed by atoms with E-state index in [9.17, 15) is 24.3 Å². The van der Waals surface area contributed by atoms with Crippen molar-refractivity contribution in [2.75, 3.05) is 7.11 Å². The summed E-state index contributed by atoms with van der Waals surface area (Å²) in [5.74, 6) is -3.55. The van der Waals surface area contributed by atoms with Gasteiger partial charge in [-0.25, -0.2) is 0 Å². The van der Waals surface area contributed by atoms with E-state index < -0.39 is 17.9 Å². The second-order valence-electron chi connectivity index (χ2n) is 11.5. The second-order valence-corrected chi connectivity index (χ2v) is 11.5. The Balaban J connectivity index is 1.72. The van der Waals surface area contributed by atoms with Crippen LogP contribution in [0.3, 0.4) is 0 Å². The Bertz CT molecular complexity index is 1910. The number of nitrogens with one attached hydrogen (secondary N) is 4. The SMILES string of the molecule is CCc1c(C=O)/c2[nH]/c1=C\c1[nH]c3c(c1C)C(=O)[C@H](C(=O)OC)/C3=C1/N/C(=C\c3[nH]c(cc3C)\C=2)[C@@H](C)[C@@H]1CCC(=O)O. The average Bonchev–Trinajstić information content (AvgIpc) is 3.73. The lowest BCUT2D eigenvalue weighted by molar-refractivity contribution is -0.142. The molecule has 1 saturated heterocycles. The first-order chi connectivity index (χ1) is 20.6. The number of aryl methyl sites for hydroxylation is 1. The van der Waals surface area contributed by atoms with Gasteiger partial charge in [0.2, 0.25) is 0 Å². The third-order valence-corrected chi connectivity index (χ3v) is 9.14. The zero-order chi connectivity index (χ0) is 30.7. The van der Waals surface area contributed by atoms with Crippen LogP contribution in [0.4, 0.5) is 0 Å². The van der Waals surface area contributed by atoms with Crippen LogP contribution in [0.2, 0.25) is 0 Å². The monoisotopic (exact) mass is 582 g/mol. The molecule has 0 aromatic carbocycles. The van der Waals surface area contributed by atoms with Crippen LogP contribution in [0.25, 0.3) is 23.8 Å². The van der Waals surface area contributed by atoms with Crippen molar-refractivity contribution < 1.29 is 29.0 Å². The Morgan fingerprint density at radius 2 is 1.84 bits per heavy atom. The molecule has 3 aromatic heterocycles. The highest BCUT2D eigenvalue weighted by Gasteiger charge is 2.48. The number of aldehydes is 1. The van der Waals surface area contributed by atoms with E-state index in [0.29, 0.717) is 57.5 Å². The number of fused-ring (bicyclic) bond motifs is 7. The molecule has 0 spiro atoms. The van der Waals surface area contributed by atoms with Crippen molar-refractivity contribution in [3.05, 3.63) is 78.8 Å². The van der Waals surface area contributed by atoms with Gasteiger partial charge in [0.15, 0.2) is 12.1 Å². The largest absolute Gasteiger partial charge is 0.481 e. The van der Waals surface area contributed by atoms with Gasteiger partial charge in [-0.2, -0.15) is 0 Å². The first-order valence-electron chi connectivity index (χ1n) is 14.5.